The van der Waals surface area contributed by atoms with E-state index in [9.17, 15) is 110 Å². The number of rotatable bonds is 19. The Morgan fingerprint density at radius 1 is 0.354 bits per heavy atom. The molecule has 6 saturated heterocycles. The molecule has 0 aliphatic carbocycles. The predicted octanol–water partition coefficient (Wildman–Crippen LogP) is -12.3. The number of nitrogens with one attached hydrogen (secondary N) is 3. The second kappa shape index (κ2) is 26.8. The Bertz CT molecular complexity index is 2120. The highest BCUT2D eigenvalue weighted by Crippen LogP contribution is 2.37. The van der Waals surface area contributed by atoms with E-state index in [0.29, 0.717) is 0 Å². The molecular weight excluding hydrogens is 1090 g/mol. The third kappa shape index (κ3) is 13.9. The number of ether oxygens (including phenoxy) is 11. The highest BCUT2D eigenvalue weighted by atomic mass is 16.8. The van der Waals surface area contributed by atoms with Crippen LogP contribution in [0, 0.1) is 0 Å². The highest BCUT2D eigenvalue weighted by molar-refractivity contribution is 5.75. The number of aliphatic hydroxyl groups excluding tert-OH is 13. The molecule has 12 unspecified atom stereocenters. The summed E-state index contributed by atoms with van der Waals surface area (Å²) in [6.07, 6.45) is -56.6. The second-order valence-electron chi connectivity index (χ2n) is 19.4. The lowest BCUT2D eigenvalue weighted by Crippen LogP contribution is -2.71. The van der Waals surface area contributed by atoms with Crippen LogP contribution < -0.4 is 16.0 Å². The molecule has 36 nitrogen and oxygen atoms in total. The number of carboxylic acid groups (broad SMARTS) is 3. The van der Waals surface area contributed by atoms with Crippen LogP contribution >= 0.6 is 0 Å². The molecule has 30 atom stereocenters. The quantitative estimate of drug-likeness (QED) is 0.0571. The van der Waals surface area contributed by atoms with Crippen LogP contribution in [0.5, 0.6) is 0 Å². The van der Waals surface area contributed by atoms with Crippen LogP contribution in [0.4, 0.5) is 0 Å². The van der Waals surface area contributed by atoms with Crippen LogP contribution in [0.15, 0.2) is 0 Å². The number of amides is 3. The van der Waals surface area contributed by atoms with Crippen LogP contribution in [0.25, 0.3) is 0 Å². The van der Waals surface area contributed by atoms with Crippen molar-refractivity contribution in [3.05, 3.63) is 0 Å². The van der Waals surface area contributed by atoms with Gasteiger partial charge in [-0.15, -0.1) is 0 Å². The first-order valence-electron chi connectivity index (χ1n) is 24.4. The lowest BCUT2D eigenvalue weighted by Gasteiger charge is -2.50. The molecule has 6 rings (SSSR count). The fourth-order valence-electron chi connectivity index (χ4n) is 9.82. The van der Waals surface area contributed by atoms with Crippen molar-refractivity contribution in [1.82, 2.24) is 16.0 Å². The van der Waals surface area contributed by atoms with Crippen molar-refractivity contribution >= 4 is 35.6 Å². The van der Waals surface area contributed by atoms with Crippen molar-refractivity contribution < 1.29 is 163 Å². The largest absolute Gasteiger partial charge is 0.479 e. The first kappa shape index (κ1) is 64.0. The lowest BCUT2D eigenvalue weighted by atomic mass is 9.93. The molecule has 0 radical (unpaired) electrons. The zero-order valence-electron chi connectivity index (χ0n) is 42.0. The molecule has 6 aliphatic rings. The standard InChI is InChI=1S/C43H67N3O33/c1-8-18(53)23(58)30(33(69-8)36(63)64)76-40-16(45-10(3)51)28(20(55)13(6-48)71-40)73-43-27(62)25(60)32(35(79-43)38(67)68)77-41-17(46-11(4)52)29(21(56)14(7-49)72-41)74-42-26(61)24(59)31(34(78-42)37(65)66)75-39-15(44-9(2)50)22(57)19(54)12(5-47)70-39/h8,12-35,39-43,47-49,53-62H,5-7H2,1-4H3,(H,44,50)(H,45,51)(H,46,52)(H,63,64)(H,65,66)(H,67,68)/t8-,12+,13+,14?,15?,16?,17?,18?,19+,20+,21-,22?,23+,24+,25?,26?,27?,28?,29+,30+,31+,32-,33?,34?,35-,39+,40+,41-,42+,43-/m0/s1. The van der Waals surface area contributed by atoms with Gasteiger partial charge in [-0.1, -0.05) is 0 Å². The van der Waals surface area contributed by atoms with E-state index in [1.54, 1.807) is 0 Å². The topological polar surface area (TPSA) is 564 Å². The molecular formula is C43H67N3O33. The molecule has 0 bridgehead atoms. The van der Waals surface area contributed by atoms with Gasteiger partial charge in [0.25, 0.3) is 0 Å². The summed E-state index contributed by atoms with van der Waals surface area (Å²) in [5.74, 6) is -8.35. The van der Waals surface area contributed by atoms with E-state index < -0.39 is 239 Å². The molecule has 6 aliphatic heterocycles. The molecule has 0 aromatic heterocycles. The van der Waals surface area contributed by atoms with Crippen molar-refractivity contribution in [2.45, 2.75) is 212 Å². The van der Waals surface area contributed by atoms with Gasteiger partial charge in [0, 0.05) is 20.8 Å². The summed E-state index contributed by atoms with van der Waals surface area (Å²) in [5.41, 5.74) is 0. The molecule has 19 N–H and O–H groups in total. The molecule has 0 saturated carbocycles. The summed E-state index contributed by atoms with van der Waals surface area (Å²) in [4.78, 5) is 75.2. The molecule has 0 spiro atoms. The first-order chi connectivity index (χ1) is 37.1. The molecule has 6 fully saturated rings. The minimum absolute atomic E-state index is 0.819. The fraction of sp³-hybridized carbons (Fsp3) is 0.860. The van der Waals surface area contributed by atoms with Gasteiger partial charge in [-0.25, -0.2) is 14.4 Å². The van der Waals surface area contributed by atoms with Gasteiger partial charge in [0.15, 0.2) is 49.8 Å². The van der Waals surface area contributed by atoms with Crippen LogP contribution in [-0.2, 0) is 80.9 Å². The van der Waals surface area contributed by atoms with Gasteiger partial charge in [-0.2, -0.15) is 0 Å². The molecule has 0 aromatic carbocycles. The molecule has 452 valence electrons. The average molecular weight is 1150 g/mol. The average Bonchev–Trinajstić information content (AvgIpc) is 3.44. The normalized spacial score (nSPS) is 46.6. The van der Waals surface area contributed by atoms with E-state index in [0.717, 1.165) is 20.8 Å². The van der Waals surface area contributed by atoms with Gasteiger partial charge in [-0.3, -0.25) is 14.4 Å². The number of hydrogen-bond acceptors (Lipinski definition) is 30. The predicted molar refractivity (Wildman–Crippen MR) is 239 cm³/mol. The van der Waals surface area contributed by atoms with Gasteiger partial charge in [0.2, 0.25) is 17.7 Å². The highest BCUT2D eigenvalue weighted by Gasteiger charge is 2.60. The summed E-state index contributed by atoms with van der Waals surface area (Å²) in [7, 11) is 0. The van der Waals surface area contributed by atoms with Gasteiger partial charge >= 0.3 is 17.9 Å². The van der Waals surface area contributed by atoms with Crippen LogP contribution in [0.2, 0.25) is 0 Å². The monoisotopic (exact) mass is 1150 g/mol. The Hall–Kier alpha value is -4.14. The van der Waals surface area contributed by atoms with Crippen molar-refractivity contribution in [2.75, 3.05) is 19.8 Å². The van der Waals surface area contributed by atoms with E-state index in [1.807, 2.05) is 0 Å². The maximum Gasteiger partial charge on any atom is 0.335 e. The van der Waals surface area contributed by atoms with Crippen molar-refractivity contribution in [3.63, 3.8) is 0 Å². The zero-order valence-corrected chi connectivity index (χ0v) is 42.0. The number of hydrogen-bond donors (Lipinski definition) is 19. The maximum absolute atomic E-state index is 13.0. The van der Waals surface area contributed by atoms with E-state index in [-0.39, 0.29) is 0 Å². The van der Waals surface area contributed by atoms with Gasteiger partial charge in [-0.05, 0) is 6.92 Å². The van der Waals surface area contributed by atoms with E-state index >= 15 is 0 Å². The van der Waals surface area contributed by atoms with Crippen molar-refractivity contribution in [2.24, 2.45) is 0 Å². The van der Waals surface area contributed by atoms with E-state index in [4.69, 9.17) is 52.1 Å². The van der Waals surface area contributed by atoms with Gasteiger partial charge in [0.05, 0.1) is 25.9 Å². The Morgan fingerprint density at radius 3 is 0.975 bits per heavy atom. The number of carbonyl (C=O) groups excluding carboxylic acids is 3. The number of aliphatic carboxylic acids is 3. The smallest absolute Gasteiger partial charge is 0.335 e. The maximum atomic E-state index is 13.0. The van der Waals surface area contributed by atoms with E-state index in [2.05, 4.69) is 16.0 Å². The number of carbonyl (C=O) groups is 6. The van der Waals surface area contributed by atoms with Crippen molar-refractivity contribution in [1.29, 1.82) is 0 Å². The Labute approximate surface area is 445 Å². The summed E-state index contributed by atoms with van der Waals surface area (Å²) in [6.45, 7) is 0.913. The molecule has 36 heteroatoms. The summed E-state index contributed by atoms with van der Waals surface area (Å²) >= 11 is 0. The number of aliphatic hydroxyl groups is 13. The third-order valence-corrected chi connectivity index (χ3v) is 13.8. The van der Waals surface area contributed by atoms with Crippen LogP contribution in [0.3, 0.4) is 0 Å². The molecule has 0 aromatic rings. The summed E-state index contributed by atoms with van der Waals surface area (Å²) in [5, 5.41) is 179. The second-order valence-corrected chi connectivity index (χ2v) is 19.4. The summed E-state index contributed by atoms with van der Waals surface area (Å²) < 4.78 is 62.0. The molecule has 79 heavy (non-hydrogen) atoms. The van der Waals surface area contributed by atoms with Crippen molar-refractivity contribution in [3.8, 4) is 0 Å². The Morgan fingerprint density at radius 2 is 0.646 bits per heavy atom. The lowest BCUT2D eigenvalue weighted by molar-refractivity contribution is -0.376. The first-order valence-corrected chi connectivity index (χ1v) is 24.4. The fourth-order valence-corrected chi connectivity index (χ4v) is 9.82. The minimum Gasteiger partial charge on any atom is -0.479 e. The number of carboxylic acids is 3. The minimum atomic E-state index is -2.51. The zero-order chi connectivity index (χ0) is 58.8. The van der Waals surface area contributed by atoms with Gasteiger partial charge < -0.3 is 150 Å². The third-order valence-electron chi connectivity index (χ3n) is 13.8. The Kier molecular flexibility index (Phi) is 21.8. The SMILES string of the molecule is CC(=O)NC1C(O)[C@H](O)[C@@H](CO)O[C@@H]1O[C@H]1C(C(=O)O)O[C@@H](O[C@@H]2C(NC(C)=O)[C@H](O[C@H]3C(O)C(O)[C@@H](OC4C(NC(C)=O)[C@@H](O[C@H]5C(C(=O)O)O[C@@H](C)C(O)[C@H]5O)O[C@H](CO)[C@H]4O)O[C@@H]3C(=O)O)OC(CO)[C@@H]2O)C(O)[C@H]1O. The Balaban J connectivity index is 1.25. The van der Waals surface area contributed by atoms with Crippen LogP contribution in [0.1, 0.15) is 27.7 Å². The van der Waals surface area contributed by atoms with E-state index in [1.165, 1.54) is 6.92 Å². The van der Waals surface area contributed by atoms with Gasteiger partial charge in [0.1, 0.15) is 128 Å². The molecule has 6 heterocycles. The summed E-state index contributed by atoms with van der Waals surface area (Å²) in [6, 6.07) is -5.54. The molecule has 3 amide bonds. The van der Waals surface area contributed by atoms with Crippen LogP contribution in [-0.4, -0.2) is 321 Å².